The molecule has 0 aromatic carbocycles. The Morgan fingerprint density at radius 2 is 2.24 bits per heavy atom. The Kier molecular flexibility index (Phi) is 6.50. The zero-order valence-electron chi connectivity index (χ0n) is 15.4. The van der Waals surface area contributed by atoms with Crippen molar-refractivity contribution in [2.75, 3.05) is 33.9 Å². The molecule has 1 saturated carbocycles. The van der Waals surface area contributed by atoms with Crippen LogP contribution in [-0.4, -0.2) is 55.8 Å². The van der Waals surface area contributed by atoms with Crippen LogP contribution in [-0.2, 0) is 11.3 Å². The van der Waals surface area contributed by atoms with Crippen LogP contribution < -0.4 is 10.1 Å². The van der Waals surface area contributed by atoms with Crippen molar-refractivity contribution in [3.63, 3.8) is 0 Å². The smallest absolute Gasteiger partial charge is 0.213 e. The largest absolute Gasteiger partial charge is 0.474 e. The van der Waals surface area contributed by atoms with E-state index in [1.54, 1.807) is 0 Å². The van der Waals surface area contributed by atoms with Gasteiger partial charge in [0.15, 0.2) is 5.96 Å². The highest BCUT2D eigenvalue weighted by atomic mass is 16.5. The molecule has 1 aliphatic carbocycles. The maximum Gasteiger partial charge on any atom is 0.213 e. The average molecular weight is 346 g/mol. The van der Waals surface area contributed by atoms with Crippen LogP contribution in [0.15, 0.2) is 23.3 Å². The first-order chi connectivity index (χ1) is 12.2. The zero-order chi connectivity index (χ0) is 17.5. The Balaban J connectivity index is 1.50. The van der Waals surface area contributed by atoms with Gasteiger partial charge in [-0.05, 0) is 43.7 Å². The first-order valence-electron chi connectivity index (χ1n) is 9.35. The molecule has 0 bridgehead atoms. The van der Waals surface area contributed by atoms with E-state index in [9.17, 15) is 0 Å². The van der Waals surface area contributed by atoms with Gasteiger partial charge in [0.05, 0.1) is 6.61 Å². The molecular formula is C19H30N4O2. The van der Waals surface area contributed by atoms with Gasteiger partial charge < -0.3 is 19.7 Å². The Morgan fingerprint density at radius 1 is 1.40 bits per heavy atom. The number of hydrogen-bond acceptors (Lipinski definition) is 4. The van der Waals surface area contributed by atoms with Crippen molar-refractivity contribution < 1.29 is 9.47 Å². The third-order valence-corrected chi connectivity index (χ3v) is 4.97. The monoisotopic (exact) mass is 346 g/mol. The van der Waals surface area contributed by atoms with Gasteiger partial charge in [-0.15, -0.1) is 0 Å². The molecule has 3 rings (SSSR count). The van der Waals surface area contributed by atoms with Gasteiger partial charge in [0.1, 0.15) is 6.10 Å². The van der Waals surface area contributed by atoms with Crippen LogP contribution in [0.25, 0.3) is 0 Å². The van der Waals surface area contributed by atoms with E-state index in [4.69, 9.17) is 9.47 Å². The molecule has 1 atom stereocenters. The molecule has 2 heterocycles. The number of ether oxygens (including phenoxy) is 2. The lowest BCUT2D eigenvalue weighted by atomic mass is 10.1. The van der Waals surface area contributed by atoms with E-state index in [0.717, 1.165) is 56.4 Å². The van der Waals surface area contributed by atoms with Gasteiger partial charge in [-0.3, -0.25) is 4.99 Å². The molecule has 2 aliphatic rings. The molecule has 0 radical (unpaired) electrons. The summed E-state index contributed by atoms with van der Waals surface area (Å²) in [7, 11) is 3.90. The third-order valence-electron chi connectivity index (χ3n) is 4.97. The first-order valence-corrected chi connectivity index (χ1v) is 9.35. The van der Waals surface area contributed by atoms with Gasteiger partial charge in [0.2, 0.25) is 5.88 Å². The lowest BCUT2D eigenvalue weighted by molar-refractivity contribution is 0.181. The summed E-state index contributed by atoms with van der Waals surface area (Å²) in [5.74, 6) is 2.23. The Bertz CT molecular complexity index is 566. The molecule has 1 aliphatic heterocycles. The highest BCUT2D eigenvalue weighted by Gasteiger charge is 2.19. The fourth-order valence-electron chi connectivity index (χ4n) is 3.57. The van der Waals surface area contributed by atoms with Crippen LogP contribution in [0.1, 0.15) is 37.7 Å². The van der Waals surface area contributed by atoms with E-state index in [-0.39, 0.29) is 0 Å². The number of nitrogens with one attached hydrogen (secondary N) is 1. The highest BCUT2D eigenvalue weighted by Crippen LogP contribution is 2.23. The van der Waals surface area contributed by atoms with Gasteiger partial charge in [-0.1, -0.05) is 0 Å². The molecule has 1 unspecified atom stereocenters. The lowest BCUT2D eigenvalue weighted by Crippen LogP contribution is -2.41. The number of guanidine groups is 1. The van der Waals surface area contributed by atoms with Gasteiger partial charge in [0, 0.05) is 52.0 Å². The predicted octanol–water partition coefficient (Wildman–Crippen LogP) is 2.45. The van der Waals surface area contributed by atoms with Crippen LogP contribution >= 0.6 is 0 Å². The second-order valence-electron chi connectivity index (χ2n) is 7.04. The molecule has 138 valence electrons. The molecule has 1 N–H and O–H groups in total. The molecule has 6 heteroatoms. The third kappa shape index (κ3) is 5.33. The van der Waals surface area contributed by atoms with Crippen LogP contribution in [0.5, 0.6) is 5.88 Å². The van der Waals surface area contributed by atoms with Gasteiger partial charge in [-0.25, -0.2) is 4.98 Å². The van der Waals surface area contributed by atoms with E-state index in [1.807, 2.05) is 25.4 Å². The summed E-state index contributed by atoms with van der Waals surface area (Å²) in [5.41, 5.74) is 1.15. The number of aromatic nitrogens is 1. The normalized spacial score (nSPS) is 21.5. The molecule has 6 nitrogen and oxygen atoms in total. The van der Waals surface area contributed by atoms with Crippen molar-refractivity contribution in [2.45, 2.75) is 44.8 Å². The minimum atomic E-state index is 0.336. The second-order valence-corrected chi connectivity index (χ2v) is 7.04. The molecule has 0 spiro atoms. The van der Waals surface area contributed by atoms with E-state index < -0.39 is 0 Å². The van der Waals surface area contributed by atoms with Gasteiger partial charge in [0.25, 0.3) is 0 Å². The Labute approximate surface area is 150 Å². The van der Waals surface area contributed by atoms with Crippen molar-refractivity contribution in [3.05, 3.63) is 23.9 Å². The number of nitrogens with zero attached hydrogens (tertiary/aromatic N) is 3. The fraction of sp³-hybridized carbons (Fsp3) is 0.684. The van der Waals surface area contributed by atoms with Crippen molar-refractivity contribution in [1.82, 2.24) is 15.2 Å². The summed E-state index contributed by atoms with van der Waals surface area (Å²) in [6, 6.07) is 4.05. The number of rotatable bonds is 6. The van der Waals surface area contributed by atoms with Crippen molar-refractivity contribution in [2.24, 2.45) is 10.9 Å². The van der Waals surface area contributed by atoms with E-state index >= 15 is 0 Å². The number of hydrogen-bond donors (Lipinski definition) is 1. The minimum Gasteiger partial charge on any atom is -0.474 e. The van der Waals surface area contributed by atoms with E-state index in [0.29, 0.717) is 18.6 Å². The highest BCUT2D eigenvalue weighted by molar-refractivity contribution is 5.79. The number of aliphatic imine (C=N–C) groups is 1. The summed E-state index contributed by atoms with van der Waals surface area (Å²) >= 11 is 0. The molecule has 25 heavy (non-hydrogen) atoms. The van der Waals surface area contributed by atoms with Gasteiger partial charge >= 0.3 is 0 Å². The van der Waals surface area contributed by atoms with E-state index in [2.05, 4.69) is 27.2 Å². The standard InChI is InChI=1S/C19H30N4O2/c1-20-19(23(2)13-16-8-10-24-14-16)22-12-15-7-9-21-18(11-15)25-17-5-3-4-6-17/h7,9,11,16-17H,3-6,8,10,12-14H2,1-2H3,(H,20,22). The Morgan fingerprint density at radius 3 is 2.96 bits per heavy atom. The molecule has 0 amide bonds. The second kappa shape index (κ2) is 9.04. The van der Waals surface area contributed by atoms with Crippen molar-refractivity contribution >= 4 is 5.96 Å². The molecular weight excluding hydrogens is 316 g/mol. The summed E-state index contributed by atoms with van der Waals surface area (Å²) < 4.78 is 11.5. The number of pyridine rings is 1. The zero-order valence-corrected chi connectivity index (χ0v) is 15.4. The van der Waals surface area contributed by atoms with Crippen molar-refractivity contribution in [1.29, 1.82) is 0 Å². The van der Waals surface area contributed by atoms with Crippen LogP contribution in [0.2, 0.25) is 0 Å². The quantitative estimate of drug-likeness (QED) is 0.633. The van der Waals surface area contributed by atoms with Crippen LogP contribution in [0, 0.1) is 5.92 Å². The maximum absolute atomic E-state index is 5.99. The summed E-state index contributed by atoms with van der Waals surface area (Å²) in [6.45, 7) is 3.41. The van der Waals surface area contributed by atoms with Crippen molar-refractivity contribution in [3.8, 4) is 5.88 Å². The molecule has 1 aromatic heterocycles. The van der Waals surface area contributed by atoms with Gasteiger partial charge in [-0.2, -0.15) is 0 Å². The summed E-state index contributed by atoms with van der Waals surface area (Å²) in [6.07, 6.45) is 8.11. The first kappa shape index (κ1) is 18.0. The Hall–Kier alpha value is -1.82. The SMILES string of the molecule is CN=C(NCc1ccnc(OC2CCCC2)c1)N(C)CC1CCOC1. The molecule has 2 fully saturated rings. The van der Waals surface area contributed by atoms with Crippen LogP contribution in [0.4, 0.5) is 0 Å². The summed E-state index contributed by atoms with van der Waals surface area (Å²) in [4.78, 5) is 10.9. The van der Waals surface area contributed by atoms with E-state index in [1.165, 1.54) is 12.8 Å². The molecule has 1 aromatic rings. The fourth-order valence-corrected chi connectivity index (χ4v) is 3.57. The minimum absolute atomic E-state index is 0.336. The average Bonchev–Trinajstić information content (AvgIpc) is 3.30. The van der Waals surface area contributed by atoms with Crippen LogP contribution in [0.3, 0.4) is 0 Å². The molecule has 1 saturated heterocycles. The summed E-state index contributed by atoms with van der Waals surface area (Å²) in [5, 5.41) is 3.43. The lowest BCUT2D eigenvalue weighted by Gasteiger charge is -2.24. The topological polar surface area (TPSA) is 59.0 Å². The predicted molar refractivity (Wildman–Crippen MR) is 98.9 cm³/mol. The maximum atomic E-state index is 5.99.